The molecule has 164 valence electrons. The van der Waals surface area contributed by atoms with E-state index in [2.05, 4.69) is 10.6 Å². The first-order valence-electron chi connectivity index (χ1n) is 10.3. The topological polar surface area (TPSA) is 78.5 Å². The van der Waals surface area contributed by atoms with Crippen molar-refractivity contribution in [2.24, 2.45) is 11.8 Å². The largest absolute Gasteiger partial charge is 0.416 e. The van der Waals surface area contributed by atoms with Gasteiger partial charge in [0, 0.05) is 37.7 Å². The van der Waals surface area contributed by atoms with Crippen LogP contribution < -0.4 is 15.5 Å². The van der Waals surface area contributed by atoms with Crippen LogP contribution in [0.2, 0.25) is 0 Å². The van der Waals surface area contributed by atoms with E-state index in [1.54, 1.807) is 0 Å². The first-order valence-corrected chi connectivity index (χ1v) is 10.3. The van der Waals surface area contributed by atoms with E-state index in [-0.39, 0.29) is 48.8 Å². The highest BCUT2D eigenvalue weighted by Gasteiger charge is 2.36. The van der Waals surface area contributed by atoms with Gasteiger partial charge in [-0.15, -0.1) is 0 Å². The third kappa shape index (κ3) is 5.52. The first-order chi connectivity index (χ1) is 14.3. The average molecular weight is 425 g/mol. The predicted octanol–water partition coefficient (Wildman–Crippen LogP) is 2.87. The third-order valence-electron chi connectivity index (χ3n) is 5.68. The summed E-state index contributed by atoms with van der Waals surface area (Å²) >= 11 is 0. The van der Waals surface area contributed by atoms with E-state index < -0.39 is 17.7 Å². The highest BCUT2D eigenvalue weighted by molar-refractivity contribution is 6.00. The molecule has 30 heavy (non-hydrogen) atoms. The van der Waals surface area contributed by atoms with Crippen LogP contribution in [0.25, 0.3) is 0 Å². The van der Waals surface area contributed by atoms with Crippen LogP contribution in [0.5, 0.6) is 0 Å². The third-order valence-corrected chi connectivity index (χ3v) is 5.68. The van der Waals surface area contributed by atoms with Crippen molar-refractivity contribution in [1.29, 1.82) is 0 Å². The zero-order valence-electron chi connectivity index (χ0n) is 16.6. The van der Waals surface area contributed by atoms with Gasteiger partial charge >= 0.3 is 6.18 Å². The van der Waals surface area contributed by atoms with Crippen LogP contribution in [0.4, 0.5) is 18.9 Å². The van der Waals surface area contributed by atoms with Gasteiger partial charge in [0.15, 0.2) is 0 Å². The SMILES string of the molecule is O=C(NCCNC(=O)C1CC(=O)N(c2cccc(C(F)(F)F)c2)C1)C1CCCCC1. The lowest BCUT2D eigenvalue weighted by atomic mass is 9.89. The van der Waals surface area contributed by atoms with Crippen LogP contribution in [0.1, 0.15) is 44.1 Å². The molecule has 1 saturated carbocycles. The highest BCUT2D eigenvalue weighted by atomic mass is 19.4. The second kappa shape index (κ2) is 9.49. The number of hydrogen-bond acceptors (Lipinski definition) is 3. The van der Waals surface area contributed by atoms with Crippen LogP contribution in [0.15, 0.2) is 24.3 Å². The van der Waals surface area contributed by atoms with Gasteiger partial charge in [-0.2, -0.15) is 13.2 Å². The molecule has 0 bridgehead atoms. The van der Waals surface area contributed by atoms with Gasteiger partial charge in [0.05, 0.1) is 11.5 Å². The predicted molar refractivity (Wildman–Crippen MR) is 104 cm³/mol. The highest BCUT2D eigenvalue weighted by Crippen LogP contribution is 2.33. The number of rotatable bonds is 6. The van der Waals surface area contributed by atoms with Crippen molar-refractivity contribution in [3.05, 3.63) is 29.8 Å². The van der Waals surface area contributed by atoms with E-state index in [4.69, 9.17) is 0 Å². The molecule has 1 unspecified atom stereocenters. The monoisotopic (exact) mass is 425 g/mol. The summed E-state index contributed by atoms with van der Waals surface area (Å²) < 4.78 is 38.7. The van der Waals surface area contributed by atoms with Gasteiger partial charge in [-0.05, 0) is 31.0 Å². The summed E-state index contributed by atoms with van der Waals surface area (Å²) in [6.07, 6.45) is 0.521. The minimum Gasteiger partial charge on any atom is -0.354 e. The number of nitrogens with zero attached hydrogens (tertiary/aromatic N) is 1. The van der Waals surface area contributed by atoms with Crippen molar-refractivity contribution < 1.29 is 27.6 Å². The van der Waals surface area contributed by atoms with Crippen LogP contribution in [0, 0.1) is 11.8 Å². The molecule has 1 atom stereocenters. The van der Waals surface area contributed by atoms with Crippen LogP contribution >= 0.6 is 0 Å². The second-order valence-corrected chi connectivity index (χ2v) is 7.87. The summed E-state index contributed by atoms with van der Waals surface area (Å²) in [5.74, 6) is -1.32. The molecule has 2 fully saturated rings. The Morgan fingerprint density at radius 1 is 1.00 bits per heavy atom. The van der Waals surface area contributed by atoms with Gasteiger partial charge in [0.2, 0.25) is 17.7 Å². The molecule has 1 aliphatic heterocycles. The molecular weight excluding hydrogens is 399 g/mol. The smallest absolute Gasteiger partial charge is 0.354 e. The zero-order valence-corrected chi connectivity index (χ0v) is 16.6. The number of benzene rings is 1. The Bertz CT molecular complexity index is 791. The summed E-state index contributed by atoms with van der Waals surface area (Å²) in [6.45, 7) is 0.574. The molecule has 9 heteroatoms. The number of hydrogen-bond donors (Lipinski definition) is 2. The van der Waals surface area contributed by atoms with Gasteiger partial charge in [0.25, 0.3) is 0 Å². The molecule has 3 rings (SSSR count). The summed E-state index contributed by atoms with van der Waals surface area (Å²) in [5.41, 5.74) is -0.709. The van der Waals surface area contributed by atoms with E-state index in [0.717, 1.165) is 44.2 Å². The van der Waals surface area contributed by atoms with Crippen molar-refractivity contribution in [1.82, 2.24) is 10.6 Å². The number of alkyl halides is 3. The summed E-state index contributed by atoms with van der Waals surface area (Å²) in [7, 11) is 0. The number of anilines is 1. The van der Waals surface area contributed by atoms with Crippen molar-refractivity contribution in [3.8, 4) is 0 Å². The molecule has 0 aromatic heterocycles. The number of carbonyl (C=O) groups is 3. The summed E-state index contributed by atoms with van der Waals surface area (Å²) in [6, 6.07) is 4.52. The maximum absolute atomic E-state index is 12.9. The molecule has 2 N–H and O–H groups in total. The van der Waals surface area contributed by atoms with Crippen LogP contribution in [-0.2, 0) is 20.6 Å². The van der Waals surface area contributed by atoms with Gasteiger partial charge in [-0.3, -0.25) is 14.4 Å². The quantitative estimate of drug-likeness (QED) is 0.688. The number of nitrogens with one attached hydrogen (secondary N) is 2. The molecule has 0 spiro atoms. The molecule has 2 aliphatic rings. The number of amides is 3. The lowest BCUT2D eigenvalue weighted by molar-refractivity contribution is -0.137. The van der Waals surface area contributed by atoms with E-state index in [9.17, 15) is 27.6 Å². The van der Waals surface area contributed by atoms with Gasteiger partial charge < -0.3 is 15.5 Å². The fraction of sp³-hybridized carbons (Fsp3) is 0.571. The lowest BCUT2D eigenvalue weighted by Crippen LogP contribution is -2.40. The minimum atomic E-state index is -4.50. The van der Waals surface area contributed by atoms with Crippen molar-refractivity contribution >= 4 is 23.4 Å². The Morgan fingerprint density at radius 2 is 1.63 bits per heavy atom. The Balaban J connectivity index is 1.46. The van der Waals surface area contributed by atoms with Crippen molar-refractivity contribution in [3.63, 3.8) is 0 Å². The summed E-state index contributed by atoms with van der Waals surface area (Å²) in [4.78, 5) is 37.9. The van der Waals surface area contributed by atoms with Crippen molar-refractivity contribution in [2.45, 2.75) is 44.7 Å². The average Bonchev–Trinajstić information content (AvgIpc) is 3.13. The fourth-order valence-corrected chi connectivity index (χ4v) is 4.01. The van der Waals surface area contributed by atoms with E-state index in [0.29, 0.717) is 6.54 Å². The Kier molecular flexibility index (Phi) is 6.99. The van der Waals surface area contributed by atoms with Crippen molar-refractivity contribution in [2.75, 3.05) is 24.5 Å². The normalized spacial score (nSPS) is 20.3. The molecule has 6 nitrogen and oxygen atoms in total. The lowest BCUT2D eigenvalue weighted by Gasteiger charge is -2.21. The molecule has 1 heterocycles. The van der Waals surface area contributed by atoms with Gasteiger partial charge in [-0.25, -0.2) is 0 Å². The maximum Gasteiger partial charge on any atom is 0.416 e. The Labute approximate surface area is 173 Å². The van der Waals surface area contributed by atoms with Gasteiger partial charge in [-0.1, -0.05) is 25.3 Å². The molecule has 1 aromatic rings. The maximum atomic E-state index is 12.9. The number of carbonyl (C=O) groups excluding carboxylic acids is 3. The van der Waals surface area contributed by atoms with E-state index in [1.807, 2.05) is 0 Å². The fourth-order valence-electron chi connectivity index (χ4n) is 4.01. The standard InChI is InChI=1S/C21H26F3N3O3/c22-21(23,24)16-7-4-8-17(12-16)27-13-15(11-18(27)28)20(30)26-10-9-25-19(29)14-5-2-1-3-6-14/h4,7-8,12,14-15H,1-3,5-6,9-11,13H2,(H,25,29)(H,26,30). The summed E-state index contributed by atoms with van der Waals surface area (Å²) in [5, 5.41) is 5.52. The minimum absolute atomic E-state index is 0.00992. The Morgan fingerprint density at radius 3 is 2.27 bits per heavy atom. The number of halogens is 3. The van der Waals surface area contributed by atoms with E-state index in [1.165, 1.54) is 17.0 Å². The molecule has 1 saturated heterocycles. The van der Waals surface area contributed by atoms with Crippen LogP contribution in [-0.4, -0.2) is 37.4 Å². The molecule has 3 amide bonds. The molecule has 0 radical (unpaired) electrons. The van der Waals surface area contributed by atoms with Gasteiger partial charge in [0.1, 0.15) is 0 Å². The van der Waals surface area contributed by atoms with Crippen LogP contribution in [0.3, 0.4) is 0 Å². The first kappa shape index (κ1) is 22.1. The molecule has 1 aliphatic carbocycles. The zero-order chi connectivity index (χ0) is 21.7. The second-order valence-electron chi connectivity index (χ2n) is 7.87. The Hall–Kier alpha value is -2.58. The molecular formula is C21H26F3N3O3. The van der Waals surface area contributed by atoms with E-state index >= 15 is 0 Å². The molecule has 1 aromatic carbocycles.